The van der Waals surface area contributed by atoms with E-state index < -0.39 is 23.2 Å². The summed E-state index contributed by atoms with van der Waals surface area (Å²) >= 11 is 1.49. The third kappa shape index (κ3) is 5.46. The van der Waals surface area contributed by atoms with E-state index >= 15 is 0 Å². The molecule has 0 aliphatic heterocycles. The Morgan fingerprint density at radius 2 is 1.63 bits per heavy atom. The van der Waals surface area contributed by atoms with Gasteiger partial charge in [-0.3, -0.25) is 4.79 Å². The van der Waals surface area contributed by atoms with Crippen LogP contribution in [0.1, 0.15) is 21.5 Å². The molecule has 0 fully saturated rings. The van der Waals surface area contributed by atoms with E-state index in [2.05, 4.69) is 5.32 Å². The molecule has 4 aromatic rings. The first kappa shape index (κ1) is 24.3. The van der Waals surface area contributed by atoms with E-state index in [-0.39, 0.29) is 6.54 Å². The Hall–Kier alpha value is -3.85. The fraction of sp³-hybridized carbons (Fsp3) is 0.154. The zero-order valence-corrected chi connectivity index (χ0v) is 19.7. The number of methoxy groups -OCH3 is 2. The first-order chi connectivity index (χ1) is 16.8. The van der Waals surface area contributed by atoms with E-state index in [1.54, 1.807) is 14.2 Å². The topological polar surface area (TPSA) is 60.5 Å². The monoisotopic (exact) mass is 498 g/mol. The van der Waals surface area contributed by atoms with Crippen molar-refractivity contribution in [2.45, 2.75) is 12.7 Å². The number of nitrogens with zero attached hydrogens (tertiary/aromatic N) is 1. The van der Waals surface area contributed by atoms with Crippen LogP contribution in [0.5, 0.6) is 11.5 Å². The fourth-order valence-electron chi connectivity index (χ4n) is 3.51. The normalized spacial score (nSPS) is 11.2. The second-order valence-electron chi connectivity index (χ2n) is 7.53. The molecule has 0 unspecified atom stereocenters. The molecule has 0 spiro atoms. The van der Waals surface area contributed by atoms with Gasteiger partial charge in [-0.1, -0.05) is 36.4 Å². The number of carbonyl (C=O) groups excluding carboxylic acids is 1. The van der Waals surface area contributed by atoms with Crippen molar-refractivity contribution < 1.29 is 27.4 Å². The maximum absolute atomic E-state index is 13.2. The molecule has 1 aromatic heterocycles. The number of nitrogens with one attached hydrogen (secondary N) is 1. The molecule has 0 atom stereocenters. The summed E-state index contributed by atoms with van der Waals surface area (Å²) in [5, 5.41) is 5.32. The minimum Gasteiger partial charge on any atom is -0.493 e. The Labute approximate surface area is 204 Å². The van der Waals surface area contributed by atoms with Crippen LogP contribution >= 0.6 is 11.3 Å². The van der Waals surface area contributed by atoms with Crippen LogP contribution in [0.25, 0.3) is 21.8 Å². The number of halogens is 3. The summed E-state index contributed by atoms with van der Waals surface area (Å²) in [6, 6.07) is 17.7. The number of thiazole rings is 1. The van der Waals surface area contributed by atoms with Gasteiger partial charge in [0.1, 0.15) is 5.01 Å². The van der Waals surface area contributed by atoms with Crippen molar-refractivity contribution in [1.82, 2.24) is 10.3 Å². The molecule has 4 rings (SSSR count). The molecule has 0 saturated carbocycles. The second kappa shape index (κ2) is 10.2. The Kier molecular flexibility index (Phi) is 7.07. The number of carbonyl (C=O) groups is 1. The molecule has 0 aliphatic carbocycles. The molecule has 180 valence electrons. The summed E-state index contributed by atoms with van der Waals surface area (Å²) in [6.45, 7) is 0.0973. The third-order valence-electron chi connectivity index (χ3n) is 5.31. The molecular formula is C26H21F3N2O3S. The molecular weight excluding hydrogens is 477 g/mol. The van der Waals surface area contributed by atoms with Gasteiger partial charge in [0.15, 0.2) is 11.5 Å². The van der Waals surface area contributed by atoms with Crippen molar-refractivity contribution in [3.63, 3.8) is 0 Å². The molecule has 1 heterocycles. The average molecular weight is 499 g/mol. The summed E-state index contributed by atoms with van der Waals surface area (Å²) in [7, 11) is 3.15. The highest BCUT2D eigenvalue weighted by Gasteiger charge is 2.34. The highest BCUT2D eigenvalue weighted by molar-refractivity contribution is 7.13. The van der Waals surface area contributed by atoms with Gasteiger partial charge in [0.25, 0.3) is 5.91 Å². The molecule has 35 heavy (non-hydrogen) atoms. The van der Waals surface area contributed by atoms with Gasteiger partial charge in [0, 0.05) is 23.1 Å². The first-order valence-corrected chi connectivity index (χ1v) is 11.4. The number of ether oxygens (including phenoxy) is 2. The minimum atomic E-state index is -4.60. The van der Waals surface area contributed by atoms with Gasteiger partial charge in [-0.05, 0) is 35.9 Å². The van der Waals surface area contributed by atoms with E-state index in [0.717, 1.165) is 33.5 Å². The van der Waals surface area contributed by atoms with E-state index in [4.69, 9.17) is 14.5 Å². The van der Waals surface area contributed by atoms with Crippen molar-refractivity contribution in [2.24, 2.45) is 0 Å². The molecule has 1 N–H and O–H groups in total. The summed E-state index contributed by atoms with van der Waals surface area (Å²) in [4.78, 5) is 17.1. The zero-order valence-electron chi connectivity index (χ0n) is 18.8. The van der Waals surface area contributed by atoms with E-state index in [0.29, 0.717) is 11.5 Å². The van der Waals surface area contributed by atoms with Gasteiger partial charge in [0.2, 0.25) is 0 Å². The fourth-order valence-corrected chi connectivity index (χ4v) is 4.34. The van der Waals surface area contributed by atoms with Crippen LogP contribution in [0, 0.1) is 0 Å². The molecule has 1 amide bonds. The molecule has 0 aliphatic rings. The van der Waals surface area contributed by atoms with Crippen molar-refractivity contribution in [1.29, 1.82) is 0 Å². The highest BCUT2D eigenvalue weighted by atomic mass is 32.1. The third-order valence-corrected chi connectivity index (χ3v) is 6.21. The van der Waals surface area contributed by atoms with Crippen molar-refractivity contribution >= 4 is 17.2 Å². The summed E-state index contributed by atoms with van der Waals surface area (Å²) in [5.41, 5.74) is 1.97. The molecule has 5 nitrogen and oxygen atoms in total. The Balaban J connectivity index is 1.44. The summed E-state index contributed by atoms with van der Waals surface area (Å²) < 4.78 is 50.1. The number of aromatic nitrogens is 1. The first-order valence-electron chi connectivity index (χ1n) is 10.5. The van der Waals surface area contributed by atoms with Crippen molar-refractivity contribution in [2.75, 3.05) is 14.2 Å². The van der Waals surface area contributed by atoms with Gasteiger partial charge in [0.05, 0.1) is 31.0 Å². The minimum absolute atomic E-state index is 0.0973. The number of alkyl halides is 3. The predicted octanol–water partition coefficient (Wildman–Crippen LogP) is 6.44. The highest BCUT2D eigenvalue weighted by Crippen LogP contribution is 2.35. The summed E-state index contributed by atoms with van der Waals surface area (Å²) in [6.07, 6.45) is -4.60. The molecule has 9 heteroatoms. The number of hydrogen-bond acceptors (Lipinski definition) is 5. The van der Waals surface area contributed by atoms with Gasteiger partial charge < -0.3 is 14.8 Å². The lowest BCUT2D eigenvalue weighted by Crippen LogP contribution is -2.25. The van der Waals surface area contributed by atoms with Crippen LogP contribution in [0.15, 0.2) is 72.1 Å². The molecule has 3 aromatic carbocycles. The van der Waals surface area contributed by atoms with Gasteiger partial charge in [-0.15, -0.1) is 11.3 Å². The van der Waals surface area contributed by atoms with E-state index in [1.165, 1.54) is 29.5 Å². The van der Waals surface area contributed by atoms with Gasteiger partial charge in [-0.2, -0.15) is 13.2 Å². The standard InChI is InChI=1S/C26H21F3N2O3S/c1-33-22-12-11-18(13-23(22)34-2)21-15-35-25(31-21)17-9-7-16(8-10-17)14-30-24(32)19-5-3-4-6-20(19)26(27,28)29/h3-13,15H,14H2,1-2H3,(H,30,32). The van der Waals surface area contributed by atoms with Crippen LogP contribution in [0.2, 0.25) is 0 Å². The second-order valence-corrected chi connectivity index (χ2v) is 8.39. The van der Waals surface area contributed by atoms with Crippen LogP contribution in [-0.4, -0.2) is 25.1 Å². The average Bonchev–Trinajstić information content (AvgIpc) is 3.37. The SMILES string of the molecule is COc1ccc(-c2csc(-c3ccc(CNC(=O)c4ccccc4C(F)(F)F)cc3)n2)cc1OC. The van der Waals surface area contributed by atoms with Crippen molar-refractivity contribution in [3.8, 4) is 33.3 Å². The largest absolute Gasteiger partial charge is 0.493 e. The van der Waals surface area contributed by atoms with Gasteiger partial charge >= 0.3 is 6.18 Å². The van der Waals surface area contributed by atoms with Crippen LogP contribution in [0.3, 0.4) is 0 Å². The Bertz CT molecular complexity index is 1330. The predicted molar refractivity (Wildman–Crippen MR) is 129 cm³/mol. The Morgan fingerprint density at radius 1 is 0.943 bits per heavy atom. The Morgan fingerprint density at radius 3 is 2.31 bits per heavy atom. The smallest absolute Gasteiger partial charge is 0.417 e. The number of hydrogen-bond donors (Lipinski definition) is 1. The molecule has 0 bridgehead atoms. The quantitative estimate of drug-likeness (QED) is 0.318. The number of amides is 1. The van der Waals surface area contributed by atoms with Crippen LogP contribution in [-0.2, 0) is 12.7 Å². The maximum Gasteiger partial charge on any atom is 0.417 e. The van der Waals surface area contributed by atoms with E-state index in [1.807, 2.05) is 47.8 Å². The lowest BCUT2D eigenvalue weighted by Gasteiger charge is -2.12. The zero-order chi connectivity index (χ0) is 25.0. The van der Waals surface area contributed by atoms with Gasteiger partial charge in [-0.25, -0.2) is 4.98 Å². The number of benzene rings is 3. The number of rotatable bonds is 7. The van der Waals surface area contributed by atoms with Crippen LogP contribution in [0.4, 0.5) is 13.2 Å². The van der Waals surface area contributed by atoms with Crippen LogP contribution < -0.4 is 14.8 Å². The maximum atomic E-state index is 13.2. The summed E-state index contributed by atoms with van der Waals surface area (Å²) in [5.74, 6) is 0.474. The van der Waals surface area contributed by atoms with E-state index in [9.17, 15) is 18.0 Å². The van der Waals surface area contributed by atoms with Crippen molar-refractivity contribution in [3.05, 3.63) is 88.8 Å². The molecule has 0 radical (unpaired) electrons. The molecule has 0 saturated heterocycles. The lowest BCUT2D eigenvalue weighted by atomic mass is 10.1. The lowest BCUT2D eigenvalue weighted by molar-refractivity contribution is -0.137.